The minimum Gasteiger partial charge on any atom is -0.388 e. The van der Waals surface area contributed by atoms with Gasteiger partial charge in [0.1, 0.15) is 0 Å². The molecule has 3 atom stereocenters. The maximum absolute atomic E-state index is 10.6. The predicted octanol–water partition coefficient (Wildman–Crippen LogP) is 3.31. The molecule has 2 nitrogen and oxygen atoms in total. The van der Waals surface area contributed by atoms with E-state index in [1.165, 1.54) is 19.3 Å². The molecule has 18 heavy (non-hydrogen) atoms. The van der Waals surface area contributed by atoms with Crippen molar-refractivity contribution in [1.82, 2.24) is 4.98 Å². The molecule has 0 radical (unpaired) electrons. The van der Waals surface area contributed by atoms with E-state index in [0.717, 1.165) is 28.3 Å². The van der Waals surface area contributed by atoms with Crippen LogP contribution in [0.4, 0.5) is 0 Å². The standard InChI is InChI=1S/C16H17NO/c18-16(12-8-10-7-11(10)9-12)14-3-1-5-15-13(14)4-2-6-17-15/h1-6,10-12,16,18H,7-9H2. The molecule has 0 saturated heterocycles. The van der Waals surface area contributed by atoms with Gasteiger partial charge in [-0.1, -0.05) is 18.2 Å². The Kier molecular flexibility index (Phi) is 2.21. The van der Waals surface area contributed by atoms with Gasteiger partial charge in [0.25, 0.3) is 0 Å². The summed E-state index contributed by atoms with van der Waals surface area (Å²) < 4.78 is 0. The Hall–Kier alpha value is -1.41. The zero-order valence-corrected chi connectivity index (χ0v) is 10.3. The summed E-state index contributed by atoms with van der Waals surface area (Å²) in [6.45, 7) is 0. The second kappa shape index (κ2) is 3.79. The predicted molar refractivity (Wildman–Crippen MR) is 71.0 cm³/mol. The third-order valence-corrected chi connectivity index (χ3v) is 4.72. The lowest BCUT2D eigenvalue weighted by atomic mass is 9.90. The molecule has 0 amide bonds. The van der Waals surface area contributed by atoms with Gasteiger partial charge in [-0.15, -0.1) is 0 Å². The quantitative estimate of drug-likeness (QED) is 0.872. The fourth-order valence-electron chi connectivity index (χ4n) is 3.66. The van der Waals surface area contributed by atoms with Crippen molar-refractivity contribution in [2.45, 2.75) is 25.4 Å². The van der Waals surface area contributed by atoms with E-state index in [2.05, 4.69) is 17.1 Å². The lowest BCUT2D eigenvalue weighted by molar-refractivity contribution is 0.106. The number of aliphatic hydroxyl groups is 1. The highest BCUT2D eigenvalue weighted by atomic mass is 16.3. The maximum atomic E-state index is 10.6. The molecule has 1 N–H and O–H groups in total. The fraction of sp³-hybridized carbons (Fsp3) is 0.438. The number of hydrogen-bond donors (Lipinski definition) is 1. The number of benzene rings is 1. The van der Waals surface area contributed by atoms with Crippen LogP contribution in [0.25, 0.3) is 10.9 Å². The molecule has 1 heterocycles. The van der Waals surface area contributed by atoms with Crippen molar-refractivity contribution in [3.8, 4) is 0 Å². The first-order valence-electron chi connectivity index (χ1n) is 6.84. The molecule has 0 aliphatic heterocycles. The molecular formula is C16H17NO. The van der Waals surface area contributed by atoms with Gasteiger partial charge in [-0.25, -0.2) is 0 Å². The summed E-state index contributed by atoms with van der Waals surface area (Å²) in [4.78, 5) is 4.36. The van der Waals surface area contributed by atoms with Crippen molar-refractivity contribution in [2.75, 3.05) is 0 Å². The smallest absolute Gasteiger partial charge is 0.0824 e. The summed E-state index contributed by atoms with van der Waals surface area (Å²) in [6, 6.07) is 10.1. The summed E-state index contributed by atoms with van der Waals surface area (Å²) in [5.74, 6) is 2.29. The van der Waals surface area contributed by atoms with Crippen molar-refractivity contribution in [3.05, 3.63) is 42.1 Å². The molecule has 3 unspecified atom stereocenters. The summed E-state index contributed by atoms with van der Waals surface area (Å²) in [7, 11) is 0. The van der Waals surface area contributed by atoms with Gasteiger partial charge in [0.05, 0.1) is 11.6 Å². The molecule has 2 saturated carbocycles. The largest absolute Gasteiger partial charge is 0.388 e. The number of hydrogen-bond acceptors (Lipinski definition) is 2. The molecule has 2 aromatic rings. The number of aromatic nitrogens is 1. The first-order valence-corrected chi connectivity index (χ1v) is 6.84. The van der Waals surface area contributed by atoms with Crippen molar-refractivity contribution >= 4 is 10.9 Å². The van der Waals surface area contributed by atoms with Gasteiger partial charge >= 0.3 is 0 Å². The molecular weight excluding hydrogens is 222 g/mol. The summed E-state index contributed by atoms with van der Waals surface area (Å²) in [5.41, 5.74) is 2.05. The van der Waals surface area contributed by atoms with Crippen molar-refractivity contribution in [1.29, 1.82) is 0 Å². The van der Waals surface area contributed by atoms with E-state index < -0.39 is 0 Å². The molecule has 92 valence electrons. The van der Waals surface area contributed by atoms with E-state index >= 15 is 0 Å². The van der Waals surface area contributed by atoms with Crippen molar-refractivity contribution in [2.24, 2.45) is 17.8 Å². The summed E-state index contributed by atoms with van der Waals surface area (Å²) >= 11 is 0. The molecule has 4 rings (SSSR count). The first-order chi connectivity index (χ1) is 8.83. The van der Waals surface area contributed by atoms with E-state index in [-0.39, 0.29) is 6.10 Å². The highest BCUT2D eigenvalue weighted by Gasteiger charge is 2.47. The van der Waals surface area contributed by atoms with Crippen LogP contribution in [-0.2, 0) is 0 Å². The highest BCUT2D eigenvalue weighted by molar-refractivity contribution is 5.82. The minimum absolute atomic E-state index is 0.314. The van der Waals surface area contributed by atoms with Crippen LogP contribution in [0, 0.1) is 17.8 Å². The Morgan fingerprint density at radius 2 is 1.89 bits per heavy atom. The number of rotatable bonds is 2. The number of nitrogens with zero attached hydrogens (tertiary/aromatic N) is 1. The van der Waals surface area contributed by atoms with Gasteiger partial charge in [-0.3, -0.25) is 4.98 Å². The Morgan fingerprint density at radius 1 is 1.06 bits per heavy atom. The van der Waals surface area contributed by atoms with Crippen LogP contribution in [-0.4, -0.2) is 10.1 Å². The van der Waals surface area contributed by atoms with Crippen LogP contribution in [0.5, 0.6) is 0 Å². The monoisotopic (exact) mass is 239 g/mol. The summed E-state index contributed by atoms with van der Waals surface area (Å²) in [6.07, 6.45) is 5.32. The maximum Gasteiger partial charge on any atom is 0.0824 e. The zero-order chi connectivity index (χ0) is 12.1. The second-order valence-electron chi connectivity index (χ2n) is 5.85. The van der Waals surface area contributed by atoms with E-state index in [4.69, 9.17) is 0 Å². The normalized spacial score (nSPS) is 31.3. The fourth-order valence-corrected chi connectivity index (χ4v) is 3.66. The Bertz CT molecular complexity index is 579. The van der Waals surface area contributed by atoms with E-state index in [1.807, 2.05) is 24.4 Å². The number of aliphatic hydroxyl groups excluding tert-OH is 1. The van der Waals surface area contributed by atoms with Gasteiger partial charge in [0.15, 0.2) is 0 Å². The van der Waals surface area contributed by atoms with E-state index in [9.17, 15) is 5.11 Å². The van der Waals surface area contributed by atoms with Crippen LogP contribution >= 0.6 is 0 Å². The van der Waals surface area contributed by atoms with Crippen LogP contribution < -0.4 is 0 Å². The number of pyridine rings is 1. The zero-order valence-electron chi connectivity index (χ0n) is 10.3. The minimum atomic E-state index is -0.314. The van der Waals surface area contributed by atoms with Gasteiger partial charge < -0.3 is 5.11 Å². The van der Waals surface area contributed by atoms with Gasteiger partial charge in [0, 0.05) is 11.6 Å². The summed E-state index contributed by atoms with van der Waals surface area (Å²) in [5, 5.41) is 11.7. The average Bonchev–Trinajstić information content (AvgIpc) is 3.04. The molecule has 2 fully saturated rings. The Morgan fingerprint density at radius 3 is 2.72 bits per heavy atom. The molecule has 1 aromatic heterocycles. The van der Waals surface area contributed by atoms with Gasteiger partial charge in [0.2, 0.25) is 0 Å². The molecule has 2 heteroatoms. The first kappa shape index (κ1) is 10.5. The molecule has 2 aliphatic carbocycles. The Labute approximate surface area is 107 Å². The number of fused-ring (bicyclic) bond motifs is 2. The third kappa shape index (κ3) is 1.56. The average molecular weight is 239 g/mol. The van der Waals surface area contributed by atoms with Gasteiger partial charge in [-0.2, -0.15) is 0 Å². The van der Waals surface area contributed by atoms with Crippen molar-refractivity contribution < 1.29 is 5.11 Å². The Balaban J connectivity index is 1.72. The van der Waals surface area contributed by atoms with Crippen molar-refractivity contribution in [3.63, 3.8) is 0 Å². The highest BCUT2D eigenvalue weighted by Crippen LogP contribution is 2.57. The van der Waals surface area contributed by atoms with Crippen LogP contribution in [0.1, 0.15) is 30.9 Å². The third-order valence-electron chi connectivity index (χ3n) is 4.72. The lowest BCUT2D eigenvalue weighted by Crippen LogP contribution is -2.11. The molecule has 1 aromatic carbocycles. The second-order valence-corrected chi connectivity index (χ2v) is 5.85. The molecule has 0 spiro atoms. The molecule has 0 bridgehead atoms. The van der Waals surface area contributed by atoms with E-state index in [0.29, 0.717) is 5.92 Å². The van der Waals surface area contributed by atoms with Crippen LogP contribution in [0.2, 0.25) is 0 Å². The van der Waals surface area contributed by atoms with Crippen LogP contribution in [0.3, 0.4) is 0 Å². The van der Waals surface area contributed by atoms with Gasteiger partial charge in [-0.05, 0) is 54.7 Å². The SMILES string of the molecule is OC(c1cccc2ncccc12)C1CC2CC2C1. The lowest BCUT2D eigenvalue weighted by Gasteiger charge is -2.21. The van der Waals surface area contributed by atoms with E-state index in [1.54, 1.807) is 0 Å². The van der Waals surface area contributed by atoms with Crippen LogP contribution in [0.15, 0.2) is 36.5 Å². The molecule has 2 aliphatic rings. The topological polar surface area (TPSA) is 33.1 Å².